The van der Waals surface area contributed by atoms with Crippen molar-refractivity contribution in [3.63, 3.8) is 0 Å². The first-order chi connectivity index (χ1) is 15.0. The lowest BCUT2D eigenvalue weighted by Gasteiger charge is -2.19. The molecular formula is C21H29N2O8P. The number of aromatic nitrogens is 2. The summed E-state index contributed by atoms with van der Waals surface area (Å²) < 4.78 is 22.0. The standard InChI is InChI=1S/C12H10N2O3.C9H19O5P/c1-8-7-13-12(17)14(10(8)15)11(16)9-5-3-2-4-6-9;1-13-8(11)9(15(2,3)12)14-7-5-4-6-10/h2-7H,1H3,(H,13,17);9-10H,4-7H2,1-3H3. The van der Waals surface area contributed by atoms with Crippen molar-refractivity contribution in [3.8, 4) is 0 Å². The van der Waals surface area contributed by atoms with Crippen molar-refractivity contribution >= 4 is 19.0 Å². The summed E-state index contributed by atoms with van der Waals surface area (Å²) in [6, 6.07) is 8.19. The summed E-state index contributed by atoms with van der Waals surface area (Å²) in [5, 5.41) is 8.54. The molecular weight excluding hydrogens is 439 g/mol. The molecule has 32 heavy (non-hydrogen) atoms. The molecule has 11 heteroatoms. The number of hydrogen-bond acceptors (Lipinski definition) is 8. The Bertz CT molecular complexity index is 1060. The number of carbonyl (C=O) groups excluding carboxylic acids is 2. The first kappa shape index (κ1) is 27.2. The molecule has 0 saturated heterocycles. The van der Waals surface area contributed by atoms with E-state index in [1.54, 1.807) is 30.3 Å². The van der Waals surface area contributed by atoms with Gasteiger partial charge >= 0.3 is 11.7 Å². The van der Waals surface area contributed by atoms with Gasteiger partial charge in [-0.3, -0.25) is 9.59 Å². The number of unbranched alkanes of at least 4 members (excludes halogenated alkanes) is 1. The maximum atomic E-state index is 12.0. The highest BCUT2D eigenvalue weighted by Crippen LogP contribution is 2.43. The third kappa shape index (κ3) is 8.03. The van der Waals surface area contributed by atoms with Crippen molar-refractivity contribution in [2.24, 2.45) is 0 Å². The van der Waals surface area contributed by atoms with Crippen LogP contribution in [-0.2, 0) is 18.8 Å². The van der Waals surface area contributed by atoms with Crippen LogP contribution in [0.5, 0.6) is 0 Å². The minimum atomic E-state index is -2.66. The number of benzene rings is 1. The Morgan fingerprint density at radius 1 is 1.16 bits per heavy atom. The van der Waals surface area contributed by atoms with Gasteiger partial charge < -0.3 is 24.1 Å². The van der Waals surface area contributed by atoms with Crippen LogP contribution in [-0.4, -0.2) is 66.0 Å². The van der Waals surface area contributed by atoms with Gasteiger partial charge in [0.25, 0.3) is 11.5 Å². The van der Waals surface area contributed by atoms with Crippen LogP contribution in [0.4, 0.5) is 0 Å². The highest BCUT2D eigenvalue weighted by Gasteiger charge is 2.32. The van der Waals surface area contributed by atoms with E-state index in [1.165, 1.54) is 33.6 Å². The predicted molar refractivity (Wildman–Crippen MR) is 120 cm³/mol. The number of nitrogens with zero attached hydrogens (tertiary/aromatic N) is 1. The lowest BCUT2D eigenvalue weighted by Crippen LogP contribution is -2.40. The number of aliphatic hydroxyl groups excluding tert-OH is 1. The van der Waals surface area contributed by atoms with E-state index >= 15 is 0 Å². The Balaban J connectivity index is 0.000000324. The largest absolute Gasteiger partial charge is 0.467 e. The summed E-state index contributed by atoms with van der Waals surface area (Å²) in [6.07, 6.45) is 2.52. The van der Waals surface area contributed by atoms with E-state index in [1.807, 2.05) is 0 Å². The molecule has 176 valence electrons. The summed E-state index contributed by atoms with van der Waals surface area (Å²) >= 11 is 0. The second kappa shape index (κ2) is 12.9. The molecule has 0 bridgehead atoms. The van der Waals surface area contributed by atoms with Crippen LogP contribution in [0.2, 0.25) is 0 Å². The van der Waals surface area contributed by atoms with Crippen LogP contribution in [0.1, 0.15) is 28.8 Å². The van der Waals surface area contributed by atoms with Crippen molar-refractivity contribution in [1.82, 2.24) is 9.55 Å². The smallest absolute Gasteiger partial charge is 0.342 e. The first-order valence-electron chi connectivity index (χ1n) is 9.80. The SMILES string of the molecule is COC(=O)C(OCCCCO)P(C)(C)=O.Cc1c[nH]c(=O)n(C(=O)c2ccccc2)c1=O. The Morgan fingerprint density at radius 3 is 2.31 bits per heavy atom. The number of nitrogens with one attached hydrogen (secondary N) is 1. The fraction of sp³-hybridized carbons (Fsp3) is 0.429. The fourth-order valence-electron chi connectivity index (χ4n) is 2.47. The minimum Gasteiger partial charge on any atom is -0.467 e. The van der Waals surface area contributed by atoms with Gasteiger partial charge in [0.2, 0.25) is 5.85 Å². The molecule has 2 N–H and O–H groups in total. The lowest BCUT2D eigenvalue weighted by molar-refractivity contribution is -0.148. The van der Waals surface area contributed by atoms with Gasteiger partial charge in [-0.15, -0.1) is 0 Å². The van der Waals surface area contributed by atoms with E-state index in [-0.39, 0.29) is 6.61 Å². The summed E-state index contributed by atoms with van der Waals surface area (Å²) in [4.78, 5) is 48.8. The average molecular weight is 468 g/mol. The molecule has 0 aliphatic heterocycles. The number of rotatable bonds is 8. The van der Waals surface area contributed by atoms with Crippen molar-refractivity contribution < 1.29 is 28.7 Å². The average Bonchev–Trinajstić information content (AvgIpc) is 2.76. The summed E-state index contributed by atoms with van der Waals surface area (Å²) in [5.74, 6) is -2.21. The number of aliphatic hydroxyl groups is 1. The first-order valence-corrected chi connectivity index (χ1v) is 12.5. The zero-order valence-corrected chi connectivity index (χ0v) is 19.5. The van der Waals surface area contributed by atoms with Crippen LogP contribution in [0, 0.1) is 6.92 Å². The van der Waals surface area contributed by atoms with Gasteiger partial charge in [0, 0.05) is 30.5 Å². The highest BCUT2D eigenvalue weighted by molar-refractivity contribution is 7.63. The van der Waals surface area contributed by atoms with Crippen LogP contribution < -0.4 is 11.2 Å². The van der Waals surface area contributed by atoms with Crippen molar-refractivity contribution in [2.45, 2.75) is 25.6 Å². The van der Waals surface area contributed by atoms with Gasteiger partial charge in [0.15, 0.2) is 0 Å². The van der Waals surface area contributed by atoms with Crippen LogP contribution >= 0.6 is 7.14 Å². The number of esters is 1. The van der Waals surface area contributed by atoms with Crippen molar-refractivity contribution in [1.29, 1.82) is 0 Å². The number of hydrogen-bond donors (Lipinski definition) is 2. The molecule has 0 radical (unpaired) electrons. The third-order valence-electron chi connectivity index (χ3n) is 4.18. The fourth-order valence-corrected chi connectivity index (χ4v) is 3.55. The molecule has 0 spiro atoms. The highest BCUT2D eigenvalue weighted by atomic mass is 31.2. The van der Waals surface area contributed by atoms with Crippen LogP contribution in [0.15, 0.2) is 46.1 Å². The molecule has 2 rings (SSSR count). The molecule has 1 heterocycles. The maximum Gasteiger partial charge on any atom is 0.342 e. The van der Waals surface area contributed by atoms with E-state index in [2.05, 4.69) is 9.72 Å². The Labute approximate surface area is 185 Å². The molecule has 1 atom stereocenters. The van der Waals surface area contributed by atoms with Gasteiger partial charge in [-0.2, -0.15) is 4.57 Å². The lowest BCUT2D eigenvalue weighted by atomic mass is 10.2. The van der Waals surface area contributed by atoms with Gasteiger partial charge in [-0.05, 0) is 45.2 Å². The van der Waals surface area contributed by atoms with Gasteiger partial charge in [0.05, 0.1) is 7.11 Å². The number of aromatic amines is 1. The number of H-pyrrole nitrogens is 1. The molecule has 1 aromatic heterocycles. The molecule has 0 saturated carbocycles. The van der Waals surface area contributed by atoms with Gasteiger partial charge in [0.1, 0.15) is 7.14 Å². The minimum absolute atomic E-state index is 0.0855. The number of ether oxygens (including phenoxy) is 2. The zero-order valence-electron chi connectivity index (χ0n) is 18.6. The Hall–Kier alpha value is -2.81. The molecule has 10 nitrogen and oxygen atoms in total. The maximum absolute atomic E-state index is 12.0. The predicted octanol–water partition coefficient (Wildman–Crippen LogP) is 1.43. The van der Waals surface area contributed by atoms with Gasteiger partial charge in [-0.1, -0.05) is 18.2 Å². The molecule has 1 aromatic carbocycles. The zero-order chi connectivity index (χ0) is 24.3. The summed E-state index contributed by atoms with van der Waals surface area (Å²) in [7, 11) is -1.42. The van der Waals surface area contributed by atoms with E-state index in [9.17, 15) is 23.7 Å². The summed E-state index contributed by atoms with van der Waals surface area (Å²) in [6.45, 7) is 4.89. The van der Waals surface area contributed by atoms with Gasteiger partial charge in [-0.25, -0.2) is 9.59 Å². The number of methoxy groups -OCH3 is 1. The normalized spacial score (nSPS) is 11.8. The van der Waals surface area contributed by atoms with E-state index < -0.39 is 36.1 Å². The second-order valence-electron chi connectivity index (χ2n) is 7.20. The Kier molecular flexibility index (Phi) is 11.0. The van der Waals surface area contributed by atoms with Crippen molar-refractivity contribution in [3.05, 3.63) is 68.5 Å². The quantitative estimate of drug-likeness (QED) is 0.336. The molecule has 2 aromatic rings. The molecule has 0 aliphatic carbocycles. The molecule has 0 aliphatic rings. The van der Waals surface area contributed by atoms with E-state index in [4.69, 9.17) is 9.84 Å². The van der Waals surface area contributed by atoms with E-state index in [0.717, 1.165) is 0 Å². The third-order valence-corrected chi connectivity index (χ3v) is 5.66. The summed E-state index contributed by atoms with van der Waals surface area (Å²) in [5.41, 5.74) is -0.711. The second-order valence-corrected chi connectivity index (χ2v) is 10.5. The number of aryl methyl sites for hydroxylation is 1. The Morgan fingerprint density at radius 2 is 1.78 bits per heavy atom. The molecule has 0 fully saturated rings. The monoisotopic (exact) mass is 468 g/mol. The van der Waals surface area contributed by atoms with Crippen LogP contribution in [0.3, 0.4) is 0 Å². The topological polar surface area (TPSA) is 145 Å². The van der Waals surface area contributed by atoms with E-state index in [0.29, 0.717) is 35.1 Å². The molecule has 0 amide bonds. The van der Waals surface area contributed by atoms with Crippen molar-refractivity contribution in [2.75, 3.05) is 33.7 Å². The van der Waals surface area contributed by atoms with Crippen LogP contribution in [0.25, 0.3) is 0 Å². The number of carbonyl (C=O) groups is 2. The molecule has 1 unspecified atom stereocenters.